The van der Waals surface area contributed by atoms with E-state index in [1.165, 1.54) is 6.07 Å². The maximum atomic E-state index is 14.1. The van der Waals surface area contributed by atoms with E-state index in [0.29, 0.717) is 36.5 Å². The van der Waals surface area contributed by atoms with Gasteiger partial charge >= 0.3 is 0 Å². The van der Waals surface area contributed by atoms with Crippen LogP contribution in [-0.2, 0) is 6.42 Å². The normalized spacial score (nSPS) is 16.0. The van der Waals surface area contributed by atoms with Crippen LogP contribution in [0.2, 0.25) is 0 Å². The van der Waals surface area contributed by atoms with Crippen LogP contribution >= 0.6 is 0 Å². The van der Waals surface area contributed by atoms with Gasteiger partial charge in [-0.25, -0.2) is 14.1 Å². The number of carbonyl (C=O) groups is 1. The fraction of sp³-hybridized carbons (Fsp3) is 0.231. The molecule has 33 heavy (non-hydrogen) atoms. The van der Waals surface area contributed by atoms with E-state index in [0.717, 1.165) is 24.2 Å². The molecular formula is C26H24FN5O. The number of hydrogen-bond acceptors (Lipinski definition) is 4. The Balaban J connectivity index is 1.29. The smallest absolute Gasteiger partial charge is 0.255 e. The van der Waals surface area contributed by atoms with Gasteiger partial charge in [0.1, 0.15) is 5.82 Å². The first kappa shape index (κ1) is 21.0. The predicted octanol–water partition coefficient (Wildman–Crippen LogP) is 4.41. The number of amides is 1. The topological polar surface area (TPSA) is 63.9 Å². The molecule has 0 saturated carbocycles. The van der Waals surface area contributed by atoms with Crippen molar-refractivity contribution >= 4 is 5.91 Å². The molecule has 1 aliphatic heterocycles. The number of hydrogen-bond donors (Lipinski definition) is 0. The van der Waals surface area contributed by atoms with Crippen LogP contribution in [0.3, 0.4) is 0 Å². The molecular weight excluding hydrogens is 417 g/mol. The van der Waals surface area contributed by atoms with Crippen molar-refractivity contribution in [1.82, 2.24) is 24.6 Å². The Morgan fingerprint density at radius 2 is 1.97 bits per heavy atom. The van der Waals surface area contributed by atoms with Crippen LogP contribution in [0.15, 0.2) is 79.3 Å². The molecule has 0 N–H and O–H groups in total. The number of nitrogens with zero attached hydrogens (tertiary/aromatic N) is 5. The Morgan fingerprint density at radius 1 is 1.06 bits per heavy atom. The van der Waals surface area contributed by atoms with Crippen LogP contribution < -0.4 is 0 Å². The van der Waals surface area contributed by atoms with Crippen LogP contribution in [-0.4, -0.2) is 43.6 Å². The highest BCUT2D eigenvalue weighted by molar-refractivity contribution is 5.94. The first-order valence-electron chi connectivity index (χ1n) is 11.1. The van der Waals surface area contributed by atoms with E-state index < -0.39 is 0 Å². The fourth-order valence-electron chi connectivity index (χ4n) is 4.30. The molecule has 166 valence electrons. The molecule has 5 rings (SSSR count). The molecule has 1 fully saturated rings. The Bertz CT molecular complexity index is 1240. The van der Waals surface area contributed by atoms with Gasteiger partial charge in [-0.3, -0.25) is 9.78 Å². The number of pyridine rings is 2. The molecule has 1 amide bonds. The Morgan fingerprint density at radius 3 is 2.76 bits per heavy atom. The number of aromatic nitrogens is 4. The van der Waals surface area contributed by atoms with Crippen LogP contribution in [0.1, 0.15) is 46.1 Å². The monoisotopic (exact) mass is 441 g/mol. The molecule has 1 saturated heterocycles. The second-order valence-corrected chi connectivity index (χ2v) is 8.27. The molecule has 4 heterocycles. The lowest BCUT2D eigenvalue weighted by atomic mass is 9.93. The third kappa shape index (κ3) is 4.67. The molecule has 7 heteroatoms. The standard InChI is InChI=1S/C26H24FN5O/c27-23-9-2-1-6-19(23)16-22-8-3-10-24(30-22)21-7-4-14-31(18-21)26(33)20-11-12-25(28-17-20)32-15-5-13-29-32/h1-3,5-6,8-13,15,17,21H,4,7,14,16,18H2/t21-/m1/s1. The van der Waals surface area contributed by atoms with E-state index in [2.05, 4.69) is 10.1 Å². The highest BCUT2D eigenvalue weighted by atomic mass is 19.1. The van der Waals surface area contributed by atoms with Crippen LogP contribution in [0, 0.1) is 5.82 Å². The van der Waals surface area contributed by atoms with Crippen molar-refractivity contribution in [3.05, 3.63) is 108 Å². The minimum atomic E-state index is -0.216. The van der Waals surface area contributed by atoms with Gasteiger partial charge in [-0.15, -0.1) is 0 Å². The molecule has 0 aliphatic carbocycles. The van der Waals surface area contributed by atoms with Crippen molar-refractivity contribution in [2.75, 3.05) is 13.1 Å². The van der Waals surface area contributed by atoms with Gasteiger partial charge in [0.05, 0.1) is 5.56 Å². The summed E-state index contributed by atoms with van der Waals surface area (Å²) >= 11 is 0. The lowest BCUT2D eigenvalue weighted by Gasteiger charge is -2.32. The van der Waals surface area contributed by atoms with E-state index in [9.17, 15) is 9.18 Å². The number of likely N-dealkylation sites (tertiary alicyclic amines) is 1. The van der Waals surface area contributed by atoms with E-state index >= 15 is 0 Å². The maximum absolute atomic E-state index is 14.1. The van der Waals surface area contributed by atoms with Gasteiger partial charge < -0.3 is 4.90 Å². The molecule has 4 aromatic rings. The van der Waals surface area contributed by atoms with Crippen molar-refractivity contribution < 1.29 is 9.18 Å². The first-order chi connectivity index (χ1) is 16.2. The van der Waals surface area contributed by atoms with E-state index in [-0.39, 0.29) is 17.6 Å². The summed E-state index contributed by atoms with van der Waals surface area (Å²) in [5, 5.41) is 4.16. The average Bonchev–Trinajstić information content (AvgIpc) is 3.41. The summed E-state index contributed by atoms with van der Waals surface area (Å²) in [6.07, 6.45) is 7.44. The summed E-state index contributed by atoms with van der Waals surface area (Å²) in [4.78, 5) is 24.2. The number of piperidine rings is 1. The molecule has 1 aromatic carbocycles. The molecule has 1 atom stereocenters. The van der Waals surface area contributed by atoms with Gasteiger partial charge in [0, 0.05) is 55.4 Å². The number of benzene rings is 1. The molecule has 3 aromatic heterocycles. The third-order valence-electron chi connectivity index (χ3n) is 6.02. The average molecular weight is 442 g/mol. The minimum absolute atomic E-state index is 0.0262. The summed E-state index contributed by atoms with van der Waals surface area (Å²) in [5.74, 6) is 0.580. The number of carbonyl (C=O) groups excluding carboxylic acids is 1. The molecule has 0 spiro atoms. The SMILES string of the molecule is O=C(c1ccc(-n2cccn2)nc1)N1CCC[C@@H](c2cccc(Cc3ccccc3F)n2)C1. The summed E-state index contributed by atoms with van der Waals surface area (Å²) in [6, 6.07) is 18.1. The van der Waals surface area contributed by atoms with Crippen molar-refractivity contribution in [2.24, 2.45) is 0 Å². The second-order valence-electron chi connectivity index (χ2n) is 8.27. The Labute approximate surface area is 191 Å². The van der Waals surface area contributed by atoms with Crippen molar-refractivity contribution in [1.29, 1.82) is 0 Å². The maximum Gasteiger partial charge on any atom is 0.255 e. The molecule has 0 unspecified atom stereocenters. The summed E-state index contributed by atoms with van der Waals surface area (Å²) < 4.78 is 15.7. The van der Waals surface area contributed by atoms with Crippen molar-refractivity contribution in [3.63, 3.8) is 0 Å². The minimum Gasteiger partial charge on any atom is -0.338 e. The van der Waals surface area contributed by atoms with Crippen LogP contribution in [0.4, 0.5) is 4.39 Å². The Kier molecular flexibility index (Phi) is 5.93. The van der Waals surface area contributed by atoms with E-state index in [1.54, 1.807) is 41.3 Å². The van der Waals surface area contributed by atoms with Gasteiger partial charge in [-0.1, -0.05) is 24.3 Å². The van der Waals surface area contributed by atoms with Gasteiger partial charge in [0.25, 0.3) is 5.91 Å². The molecule has 0 bridgehead atoms. The van der Waals surface area contributed by atoms with Crippen LogP contribution in [0.25, 0.3) is 5.82 Å². The Hall–Kier alpha value is -3.87. The summed E-state index contributed by atoms with van der Waals surface area (Å²) in [5.41, 5.74) is 2.98. The molecule has 1 aliphatic rings. The van der Waals surface area contributed by atoms with Crippen molar-refractivity contribution in [3.8, 4) is 5.82 Å². The second kappa shape index (κ2) is 9.32. The van der Waals surface area contributed by atoms with E-state index in [4.69, 9.17) is 4.98 Å². The summed E-state index contributed by atoms with van der Waals surface area (Å²) in [7, 11) is 0. The fourth-order valence-corrected chi connectivity index (χ4v) is 4.30. The molecule has 6 nitrogen and oxygen atoms in total. The van der Waals surface area contributed by atoms with Gasteiger partial charge in [-0.05, 0) is 54.8 Å². The van der Waals surface area contributed by atoms with Crippen molar-refractivity contribution in [2.45, 2.75) is 25.2 Å². The third-order valence-corrected chi connectivity index (χ3v) is 6.02. The summed E-state index contributed by atoms with van der Waals surface area (Å²) in [6.45, 7) is 1.32. The zero-order valence-corrected chi connectivity index (χ0v) is 18.1. The molecule has 0 radical (unpaired) electrons. The zero-order valence-electron chi connectivity index (χ0n) is 18.1. The first-order valence-corrected chi connectivity index (χ1v) is 11.1. The zero-order chi connectivity index (χ0) is 22.6. The largest absolute Gasteiger partial charge is 0.338 e. The van der Waals surface area contributed by atoms with Gasteiger partial charge in [0.15, 0.2) is 5.82 Å². The van der Waals surface area contributed by atoms with Gasteiger partial charge in [0.2, 0.25) is 0 Å². The predicted molar refractivity (Wildman–Crippen MR) is 123 cm³/mol. The van der Waals surface area contributed by atoms with E-state index in [1.807, 2.05) is 41.4 Å². The quantitative estimate of drug-likeness (QED) is 0.460. The van der Waals surface area contributed by atoms with Crippen LogP contribution in [0.5, 0.6) is 0 Å². The number of rotatable bonds is 5. The lowest BCUT2D eigenvalue weighted by molar-refractivity contribution is 0.0705. The number of halogens is 1. The highest BCUT2D eigenvalue weighted by Gasteiger charge is 2.26. The lowest BCUT2D eigenvalue weighted by Crippen LogP contribution is -2.39. The highest BCUT2D eigenvalue weighted by Crippen LogP contribution is 2.27. The van der Waals surface area contributed by atoms with Gasteiger partial charge in [-0.2, -0.15) is 5.10 Å².